The van der Waals surface area contributed by atoms with Crippen LogP contribution in [0.3, 0.4) is 0 Å². The van der Waals surface area contributed by atoms with Crippen LogP contribution < -0.4 is 0 Å². The van der Waals surface area contributed by atoms with Gasteiger partial charge in [0.1, 0.15) is 5.82 Å². The van der Waals surface area contributed by atoms with Gasteiger partial charge in [-0.05, 0) is 17.7 Å². The molecular formula is C12H13F4NO. The minimum atomic E-state index is -4.27. The van der Waals surface area contributed by atoms with Crippen molar-refractivity contribution in [2.24, 2.45) is 0 Å². The molecule has 0 fully saturated rings. The molecule has 0 spiro atoms. The average molecular weight is 263 g/mol. The zero-order valence-electron chi connectivity index (χ0n) is 9.80. The summed E-state index contributed by atoms with van der Waals surface area (Å²) in [7, 11) is 1.32. The number of hydrogen-bond donors (Lipinski definition) is 0. The lowest BCUT2D eigenvalue weighted by Gasteiger charge is -2.18. The molecule has 0 saturated heterocycles. The van der Waals surface area contributed by atoms with Gasteiger partial charge in [0.2, 0.25) is 5.91 Å². The Morgan fingerprint density at radius 2 is 1.78 bits per heavy atom. The maximum absolute atomic E-state index is 12.6. The highest BCUT2D eigenvalue weighted by molar-refractivity contribution is 5.78. The van der Waals surface area contributed by atoms with Gasteiger partial charge >= 0.3 is 6.18 Å². The highest BCUT2D eigenvalue weighted by atomic mass is 19.4. The Balaban J connectivity index is 2.47. The van der Waals surface area contributed by atoms with E-state index >= 15 is 0 Å². The molecule has 2 nitrogen and oxygen atoms in total. The Morgan fingerprint density at radius 1 is 1.22 bits per heavy atom. The van der Waals surface area contributed by atoms with E-state index in [0.717, 1.165) is 4.90 Å². The molecule has 0 bridgehead atoms. The predicted octanol–water partition coefficient (Wildman–Crippen LogP) is 2.78. The summed E-state index contributed by atoms with van der Waals surface area (Å²) >= 11 is 0. The van der Waals surface area contributed by atoms with Crippen LogP contribution in [0.5, 0.6) is 0 Å². The zero-order chi connectivity index (χ0) is 13.8. The largest absolute Gasteiger partial charge is 0.390 e. The second kappa shape index (κ2) is 5.84. The molecule has 1 aromatic rings. The third-order valence-electron chi connectivity index (χ3n) is 2.43. The Labute approximate surface area is 102 Å². The van der Waals surface area contributed by atoms with Crippen molar-refractivity contribution in [2.75, 3.05) is 13.6 Å². The first-order chi connectivity index (χ1) is 8.28. The highest BCUT2D eigenvalue weighted by Crippen LogP contribution is 2.19. The molecule has 100 valence electrons. The van der Waals surface area contributed by atoms with E-state index in [2.05, 4.69) is 0 Å². The summed E-state index contributed by atoms with van der Waals surface area (Å²) in [4.78, 5) is 12.6. The van der Waals surface area contributed by atoms with Crippen molar-refractivity contribution >= 4 is 5.91 Å². The van der Waals surface area contributed by atoms with Gasteiger partial charge in [0.05, 0.1) is 12.8 Å². The molecule has 0 heterocycles. The summed E-state index contributed by atoms with van der Waals surface area (Å²) in [5, 5.41) is 0. The number of amides is 1. The van der Waals surface area contributed by atoms with Crippen LogP contribution in [0.25, 0.3) is 0 Å². The molecule has 1 aromatic carbocycles. The fourth-order valence-corrected chi connectivity index (χ4v) is 1.33. The minimum absolute atomic E-state index is 0.0331. The number of benzene rings is 1. The third-order valence-corrected chi connectivity index (χ3v) is 2.43. The normalized spacial score (nSPS) is 11.4. The van der Waals surface area contributed by atoms with E-state index in [0.29, 0.717) is 5.56 Å². The smallest absolute Gasteiger partial charge is 0.345 e. The van der Waals surface area contributed by atoms with Crippen molar-refractivity contribution < 1.29 is 22.4 Å². The molecule has 0 aliphatic rings. The van der Waals surface area contributed by atoms with Gasteiger partial charge in [0, 0.05) is 13.6 Å². The topological polar surface area (TPSA) is 20.3 Å². The van der Waals surface area contributed by atoms with Gasteiger partial charge < -0.3 is 4.90 Å². The summed E-state index contributed by atoms with van der Waals surface area (Å²) < 4.78 is 48.5. The van der Waals surface area contributed by atoms with E-state index in [1.54, 1.807) is 0 Å². The van der Waals surface area contributed by atoms with E-state index < -0.39 is 24.3 Å². The predicted molar refractivity (Wildman–Crippen MR) is 58.4 cm³/mol. The Morgan fingerprint density at radius 3 is 2.28 bits per heavy atom. The van der Waals surface area contributed by atoms with Gasteiger partial charge in [-0.25, -0.2) is 4.39 Å². The van der Waals surface area contributed by atoms with Crippen LogP contribution in [-0.2, 0) is 11.2 Å². The molecule has 1 rings (SSSR count). The maximum Gasteiger partial charge on any atom is 0.390 e. The zero-order valence-corrected chi connectivity index (χ0v) is 9.80. The van der Waals surface area contributed by atoms with Gasteiger partial charge in [0.25, 0.3) is 0 Å². The van der Waals surface area contributed by atoms with Crippen LogP contribution in [0.4, 0.5) is 17.6 Å². The number of likely N-dealkylation sites (N-methyl/N-ethyl adjacent to an activating group) is 1. The fraction of sp³-hybridized carbons (Fsp3) is 0.417. The number of alkyl halides is 3. The van der Waals surface area contributed by atoms with Crippen LogP contribution in [0.2, 0.25) is 0 Å². The molecule has 0 saturated carbocycles. The van der Waals surface area contributed by atoms with E-state index in [1.165, 1.54) is 31.3 Å². The first-order valence-electron chi connectivity index (χ1n) is 5.33. The average Bonchev–Trinajstić information content (AvgIpc) is 2.28. The van der Waals surface area contributed by atoms with E-state index in [1.807, 2.05) is 0 Å². The number of carbonyl (C=O) groups is 1. The standard InChI is InChI=1S/C12H13F4NO/c1-17(7-6-12(14,15)16)11(18)8-9-2-4-10(13)5-3-9/h2-5H,6-8H2,1H3. The molecule has 6 heteroatoms. The quantitative estimate of drug-likeness (QED) is 0.765. The molecule has 0 N–H and O–H groups in total. The van der Waals surface area contributed by atoms with Crippen LogP contribution in [-0.4, -0.2) is 30.6 Å². The summed E-state index contributed by atoms with van der Waals surface area (Å²) in [5.74, 6) is -0.845. The fourth-order valence-electron chi connectivity index (χ4n) is 1.33. The number of rotatable bonds is 4. The van der Waals surface area contributed by atoms with Crippen LogP contribution in [0.15, 0.2) is 24.3 Å². The molecule has 1 amide bonds. The first kappa shape index (κ1) is 14.5. The van der Waals surface area contributed by atoms with Crippen molar-refractivity contribution in [1.82, 2.24) is 4.90 Å². The highest BCUT2D eigenvalue weighted by Gasteiger charge is 2.27. The lowest BCUT2D eigenvalue weighted by molar-refractivity contribution is -0.143. The SMILES string of the molecule is CN(CCC(F)(F)F)C(=O)Cc1ccc(F)cc1. The minimum Gasteiger partial charge on any atom is -0.345 e. The molecule has 0 atom stereocenters. The van der Waals surface area contributed by atoms with Crippen molar-refractivity contribution in [3.05, 3.63) is 35.6 Å². The summed E-state index contributed by atoms with van der Waals surface area (Å²) in [6, 6.07) is 5.28. The van der Waals surface area contributed by atoms with Crippen molar-refractivity contribution in [3.8, 4) is 0 Å². The van der Waals surface area contributed by atoms with Crippen molar-refractivity contribution in [1.29, 1.82) is 0 Å². The lowest BCUT2D eigenvalue weighted by atomic mass is 10.1. The van der Waals surface area contributed by atoms with E-state index in [-0.39, 0.29) is 13.0 Å². The molecule has 0 unspecified atom stereocenters. The Bertz CT molecular complexity index is 400. The summed E-state index contributed by atoms with van der Waals surface area (Å²) in [6.45, 7) is -0.371. The molecule has 0 aliphatic carbocycles. The van der Waals surface area contributed by atoms with E-state index in [9.17, 15) is 22.4 Å². The lowest BCUT2D eigenvalue weighted by Crippen LogP contribution is -2.31. The van der Waals surface area contributed by atoms with Gasteiger partial charge in [-0.15, -0.1) is 0 Å². The van der Waals surface area contributed by atoms with Crippen molar-refractivity contribution in [2.45, 2.75) is 19.0 Å². The first-order valence-corrected chi connectivity index (χ1v) is 5.33. The van der Waals surface area contributed by atoms with Gasteiger partial charge in [-0.1, -0.05) is 12.1 Å². The molecule has 18 heavy (non-hydrogen) atoms. The second-order valence-electron chi connectivity index (χ2n) is 3.98. The van der Waals surface area contributed by atoms with Crippen LogP contribution in [0, 0.1) is 5.82 Å². The Hall–Kier alpha value is -1.59. The van der Waals surface area contributed by atoms with Crippen LogP contribution >= 0.6 is 0 Å². The summed E-state index contributed by atoms with van der Waals surface area (Å²) in [5.41, 5.74) is 0.570. The number of nitrogens with zero attached hydrogens (tertiary/aromatic N) is 1. The number of hydrogen-bond acceptors (Lipinski definition) is 1. The van der Waals surface area contributed by atoms with E-state index in [4.69, 9.17) is 0 Å². The van der Waals surface area contributed by atoms with Crippen LogP contribution in [0.1, 0.15) is 12.0 Å². The molecular weight excluding hydrogens is 250 g/mol. The molecule has 0 aliphatic heterocycles. The Kier molecular flexibility index (Phi) is 4.69. The monoisotopic (exact) mass is 263 g/mol. The van der Waals surface area contributed by atoms with Crippen molar-refractivity contribution in [3.63, 3.8) is 0 Å². The second-order valence-corrected chi connectivity index (χ2v) is 3.98. The summed E-state index contributed by atoms with van der Waals surface area (Å²) in [6.07, 6.45) is -5.34. The third kappa shape index (κ3) is 5.16. The van der Waals surface area contributed by atoms with Gasteiger partial charge in [-0.3, -0.25) is 4.79 Å². The molecule has 0 aromatic heterocycles. The molecule has 0 radical (unpaired) electrons. The number of halogens is 4. The number of carbonyl (C=O) groups excluding carboxylic acids is 1. The maximum atomic E-state index is 12.6. The van der Waals surface area contributed by atoms with Gasteiger partial charge in [-0.2, -0.15) is 13.2 Å². The van der Waals surface area contributed by atoms with Gasteiger partial charge in [0.15, 0.2) is 0 Å².